The lowest BCUT2D eigenvalue weighted by Gasteiger charge is -2.24. The third-order valence-corrected chi connectivity index (χ3v) is 3.06. The van der Waals surface area contributed by atoms with Crippen molar-refractivity contribution in [3.63, 3.8) is 0 Å². The Morgan fingerprint density at radius 1 is 1.24 bits per heavy atom. The zero-order chi connectivity index (χ0) is 19.4. The molecule has 0 heterocycles. The Morgan fingerprint density at radius 2 is 1.84 bits per heavy atom. The molecule has 0 saturated heterocycles. The summed E-state index contributed by atoms with van der Waals surface area (Å²) in [6.07, 6.45) is -7.90. The van der Waals surface area contributed by atoms with Gasteiger partial charge in [0.2, 0.25) is 0 Å². The second-order valence-corrected chi connectivity index (χ2v) is 6.57. The monoisotopic (exact) mass is 367 g/mol. The maximum atomic E-state index is 13.9. The second kappa shape index (κ2) is 8.01. The fourth-order valence-electron chi connectivity index (χ4n) is 2.08. The lowest BCUT2D eigenvalue weighted by Crippen LogP contribution is -2.42. The highest BCUT2D eigenvalue weighted by atomic mass is 19.4. The summed E-state index contributed by atoms with van der Waals surface area (Å²) < 4.78 is 56.6. The minimum absolute atomic E-state index is 0.102. The molecule has 1 rings (SSSR count). The lowest BCUT2D eigenvalue weighted by atomic mass is 10.0. The molecule has 5 nitrogen and oxygen atoms in total. The molecule has 1 amide bonds. The van der Waals surface area contributed by atoms with Gasteiger partial charge in [-0.25, -0.2) is 9.18 Å². The number of amides is 1. The summed E-state index contributed by atoms with van der Waals surface area (Å²) in [5.74, 6) is -1.10. The first-order valence-electron chi connectivity index (χ1n) is 7.49. The molecule has 0 aliphatic carbocycles. The summed E-state index contributed by atoms with van der Waals surface area (Å²) in [6.45, 7) is 4.87. The molecule has 1 aromatic carbocycles. The number of alkyl carbamates (subject to hydrolysis) is 1. The van der Waals surface area contributed by atoms with Crippen molar-refractivity contribution < 1.29 is 37.3 Å². The Kier molecular flexibility index (Phi) is 6.78. The summed E-state index contributed by atoms with van der Waals surface area (Å²) in [5, 5.41) is 20.5. The van der Waals surface area contributed by atoms with E-state index in [1.54, 1.807) is 20.8 Å². The minimum Gasteiger partial charge on any atom is -0.444 e. The quantitative estimate of drug-likeness (QED) is 0.552. The standard InChI is InChI=1S/C16H21F4NO4/c1-15(2,3)25-14(24)21-11(8-13(22)23)6-9-4-5-10(7-12(9)17)16(18,19)20/h4-5,7,11,13,22-23H,6,8H2,1-3H3,(H,21,24)/t11-/m1/s1. The van der Waals surface area contributed by atoms with Crippen LogP contribution in [0, 0.1) is 5.82 Å². The molecule has 0 bridgehead atoms. The van der Waals surface area contributed by atoms with Gasteiger partial charge in [-0.3, -0.25) is 0 Å². The van der Waals surface area contributed by atoms with Crippen LogP contribution in [0.1, 0.15) is 38.3 Å². The topological polar surface area (TPSA) is 78.8 Å². The van der Waals surface area contributed by atoms with Crippen molar-refractivity contribution in [1.29, 1.82) is 0 Å². The number of carbonyl (C=O) groups is 1. The van der Waals surface area contributed by atoms with Crippen LogP contribution in [-0.4, -0.2) is 34.2 Å². The number of carbonyl (C=O) groups excluding carboxylic acids is 1. The van der Waals surface area contributed by atoms with Gasteiger partial charge >= 0.3 is 12.3 Å². The van der Waals surface area contributed by atoms with Crippen molar-refractivity contribution in [2.75, 3.05) is 0 Å². The smallest absolute Gasteiger partial charge is 0.416 e. The zero-order valence-corrected chi connectivity index (χ0v) is 14.0. The van der Waals surface area contributed by atoms with E-state index in [1.807, 2.05) is 0 Å². The van der Waals surface area contributed by atoms with E-state index in [4.69, 9.17) is 14.9 Å². The summed E-state index contributed by atoms with van der Waals surface area (Å²) >= 11 is 0. The number of benzene rings is 1. The number of hydrogen-bond donors (Lipinski definition) is 3. The molecule has 142 valence electrons. The number of rotatable bonds is 5. The number of hydrogen-bond acceptors (Lipinski definition) is 4. The highest BCUT2D eigenvalue weighted by Gasteiger charge is 2.31. The molecule has 0 saturated carbocycles. The van der Waals surface area contributed by atoms with E-state index in [-0.39, 0.29) is 18.4 Å². The summed E-state index contributed by atoms with van der Waals surface area (Å²) in [4.78, 5) is 11.8. The molecule has 0 aromatic heterocycles. The molecule has 0 aliphatic heterocycles. The van der Waals surface area contributed by atoms with E-state index in [1.165, 1.54) is 0 Å². The number of aliphatic hydroxyl groups is 2. The summed E-state index contributed by atoms with van der Waals surface area (Å²) in [5.41, 5.74) is -2.03. The molecular weight excluding hydrogens is 346 g/mol. The molecule has 0 fully saturated rings. The molecule has 0 aliphatic rings. The van der Waals surface area contributed by atoms with Crippen LogP contribution in [0.25, 0.3) is 0 Å². The molecule has 1 atom stereocenters. The van der Waals surface area contributed by atoms with Crippen molar-refractivity contribution in [3.05, 3.63) is 35.1 Å². The maximum absolute atomic E-state index is 13.9. The first-order valence-corrected chi connectivity index (χ1v) is 7.49. The van der Waals surface area contributed by atoms with Crippen LogP contribution in [0.5, 0.6) is 0 Å². The van der Waals surface area contributed by atoms with E-state index in [0.717, 1.165) is 12.1 Å². The Labute approximate surface area is 142 Å². The average Bonchev–Trinajstić information content (AvgIpc) is 2.36. The number of halogens is 4. The fraction of sp³-hybridized carbons (Fsp3) is 0.562. The fourth-order valence-corrected chi connectivity index (χ4v) is 2.08. The van der Waals surface area contributed by atoms with Gasteiger partial charge in [-0.15, -0.1) is 0 Å². The van der Waals surface area contributed by atoms with E-state index in [0.29, 0.717) is 6.07 Å². The zero-order valence-electron chi connectivity index (χ0n) is 14.0. The maximum Gasteiger partial charge on any atom is 0.416 e. The van der Waals surface area contributed by atoms with E-state index >= 15 is 0 Å². The Hall–Kier alpha value is -1.87. The molecule has 0 radical (unpaired) electrons. The van der Waals surface area contributed by atoms with E-state index in [2.05, 4.69) is 5.32 Å². The van der Waals surface area contributed by atoms with Crippen molar-refractivity contribution in [1.82, 2.24) is 5.32 Å². The highest BCUT2D eigenvalue weighted by molar-refractivity contribution is 5.68. The van der Waals surface area contributed by atoms with Crippen LogP contribution < -0.4 is 5.32 Å². The largest absolute Gasteiger partial charge is 0.444 e. The van der Waals surface area contributed by atoms with Crippen LogP contribution >= 0.6 is 0 Å². The van der Waals surface area contributed by atoms with Gasteiger partial charge in [0.15, 0.2) is 6.29 Å². The Morgan fingerprint density at radius 3 is 2.28 bits per heavy atom. The Bertz CT molecular complexity index is 597. The normalized spacial score (nSPS) is 13.7. The van der Waals surface area contributed by atoms with Gasteiger partial charge in [0.05, 0.1) is 5.56 Å². The third kappa shape index (κ3) is 7.70. The van der Waals surface area contributed by atoms with Gasteiger partial charge in [0, 0.05) is 12.5 Å². The van der Waals surface area contributed by atoms with Crippen molar-refractivity contribution >= 4 is 6.09 Å². The van der Waals surface area contributed by atoms with Crippen LogP contribution in [0.3, 0.4) is 0 Å². The van der Waals surface area contributed by atoms with Crippen molar-refractivity contribution in [3.8, 4) is 0 Å². The Balaban J connectivity index is 2.90. The predicted octanol–water partition coefficient (Wildman–Crippen LogP) is 2.98. The van der Waals surface area contributed by atoms with Crippen LogP contribution in [0.15, 0.2) is 18.2 Å². The predicted molar refractivity (Wildman–Crippen MR) is 81.1 cm³/mol. The van der Waals surface area contributed by atoms with Crippen molar-refractivity contribution in [2.24, 2.45) is 0 Å². The second-order valence-electron chi connectivity index (χ2n) is 6.57. The third-order valence-electron chi connectivity index (χ3n) is 3.06. The van der Waals surface area contributed by atoms with Gasteiger partial charge < -0.3 is 20.3 Å². The van der Waals surface area contributed by atoms with Gasteiger partial charge in [-0.05, 0) is 44.9 Å². The number of alkyl halides is 3. The summed E-state index contributed by atoms with van der Waals surface area (Å²) in [7, 11) is 0. The lowest BCUT2D eigenvalue weighted by molar-refractivity contribution is -0.137. The molecule has 3 N–H and O–H groups in total. The molecule has 0 unspecified atom stereocenters. The van der Waals surface area contributed by atoms with E-state index < -0.39 is 41.6 Å². The van der Waals surface area contributed by atoms with Gasteiger partial charge in [-0.1, -0.05) is 6.07 Å². The van der Waals surface area contributed by atoms with Gasteiger partial charge in [0.25, 0.3) is 0 Å². The molecule has 9 heteroatoms. The first kappa shape index (κ1) is 21.2. The SMILES string of the molecule is CC(C)(C)OC(=O)N[C@H](Cc1ccc(C(F)(F)F)cc1F)CC(O)O. The molecule has 0 spiro atoms. The van der Waals surface area contributed by atoms with Crippen LogP contribution in [0.2, 0.25) is 0 Å². The highest BCUT2D eigenvalue weighted by Crippen LogP contribution is 2.30. The molecular formula is C16H21F4NO4. The van der Waals surface area contributed by atoms with Crippen molar-refractivity contribution in [2.45, 2.75) is 57.7 Å². The number of aliphatic hydroxyl groups excluding tert-OH is 1. The average molecular weight is 367 g/mol. The van der Waals surface area contributed by atoms with Gasteiger partial charge in [-0.2, -0.15) is 13.2 Å². The van der Waals surface area contributed by atoms with Gasteiger partial charge in [0.1, 0.15) is 11.4 Å². The molecule has 1 aromatic rings. The number of ether oxygens (including phenoxy) is 1. The minimum atomic E-state index is -4.67. The number of nitrogens with one attached hydrogen (secondary N) is 1. The van der Waals surface area contributed by atoms with E-state index in [9.17, 15) is 22.4 Å². The van der Waals surface area contributed by atoms with Crippen LogP contribution in [-0.2, 0) is 17.3 Å². The first-order chi connectivity index (χ1) is 11.3. The summed E-state index contributed by atoms with van der Waals surface area (Å²) in [6, 6.07) is 1.08. The molecule has 25 heavy (non-hydrogen) atoms. The van der Waals surface area contributed by atoms with Crippen LogP contribution in [0.4, 0.5) is 22.4 Å².